The number of hydrogen-bond acceptors (Lipinski definition) is 18. The number of H-pyrrole nitrogens is 1. The molecule has 10 atom stereocenters. The van der Waals surface area contributed by atoms with Gasteiger partial charge in [-0.2, -0.15) is 4.98 Å². The summed E-state index contributed by atoms with van der Waals surface area (Å²) in [6.45, 7) is -0.972. The number of imidazole rings is 2. The monoisotopic (exact) mass is 692 g/mol. The smallest absolute Gasteiger partial charge is 0.387 e. The van der Waals surface area contributed by atoms with Crippen molar-refractivity contribution in [1.29, 1.82) is 0 Å². The van der Waals surface area contributed by atoms with Crippen molar-refractivity contribution in [2.24, 2.45) is 0 Å². The van der Waals surface area contributed by atoms with Crippen LogP contribution in [0, 0.1) is 0 Å². The normalized spacial score (nSPS) is 30.7. The number of phosphoric ester groups is 1. The molecule has 0 amide bonds. The van der Waals surface area contributed by atoms with E-state index in [1.807, 2.05) is 0 Å². The molecule has 46 heavy (non-hydrogen) atoms. The topological polar surface area (TPSA) is 372 Å². The van der Waals surface area contributed by atoms with E-state index in [0.29, 0.717) is 0 Å². The summed E-state index contributed by atoms with van der Waals surface area (Å²) in [5.74, 6) is -2.98. The van der Waals surface area contributed by atoms with Gasteiger partial charge in [0.25, 0.3) is 5.56 Å². The second-order valence-electron chi connectivity index (χ2n) is 10.2. The summed E-state index contributed by atoms with van der Waals surface area (Å²) in [7, 11) is -11.1. The molecular formula is C20H26N10O14P2. The summed E-state index contributed by atoms with van der Waals surface area (Å²) in [6, 6.07) is 0. The summed E-state index contributed by atoms with van der Waals surface area (Å²) < 4.78 is 48.2. The van der Waals surface area contributed by atoms with Gasteiger partial charge < -0.3 is 60.6 Å². The fraction of sp³-hybridized carbons (Fsp3) is 0.500. The van der Waals surface area contributed by atoms with Crippen LogP contribution in [0.15, 0.2) is 23.8 Å². The number of aliphatic hydroxyl groups is 4. The zero-order chi connectivity index (χ0) is 33.3. The van der Waals surface area contributed by atoms with E-state index in [1.165, 1.54) is 10.9 Å². The molecule has 6 rings (SSSR count). The highest BCUT2D eigenvalue weighted by molar-refractivity contribution is 7.54. The van der Waals surface area contributed by atoms with Gasteiger partial charge in [-0.15, -0.1) is 0 Å². The maximum Gasteiger partial charge on any atom is 0.470 e. The van der Waals surface area contributed by atoms with Crippen molar-refractivity contribution >= 4 is 49.5 Å². The number of nitrogens with two attached hydrogens (primary N) is 2. The number of ether oxygens (including phenoxy) is 2. The molecule has 0 radical (unpaired) electrons. The molecule has 2 unspecified atom stereocenters. The average Bonchev–Trinajstić information content (AvgIpc) is 3.72. The highest BCUT2D eigenvalue weighted by atomic mass is 31.2. The van der Waals surface area contributed by atoms with E-state index < -0.39 is 82.5 Å². The van der Waals surface area contributed by atoms with Gasteiger partial charge in [0.2, 0.25) is 5.95 Å². The van der Waals surface area contributed by atoms with Crippen LogP contribution in [0.2, 0.25) is 0 Å². The van der Waals surface area contributed by atoms with E-state index in [4.69, 9.17) is 25.5 Å². The van der Waals surface area contributed by atoms with Crippen LogP contribution in [-0.2, 0) is 27.7 Å². The molecule has 26 heteroatoms. The van der Waals surface area contributed by atoms with Crippen molar-refractivity contribution in [3.05, 3.63) is 29.3 Å². The van der Waals surface area contributed by atoms with E-state index in [2.05, 4.69) is 34.4 Å². The number of hydrogen-bond donors (Lipinski definition) is 10. The Bertz CT molecular complexity index is 1930. The van der Waals surface area contributed by atoms with Gasteiger partial charge in [0, 0.05) is 0 Å². The Kier molecular flexibility index (Phi) is 8.22. The number of rotatable bonds is 9. The van der Waals surface area contributed by atoms with Crippen LogP contribution in [0.5, 0.6) is 0 Å². The highest BCUT2D eigenvalue weighted by Crippen LogP contribution is 2.58. The zero-order valence-corrected chi connectivity index (χ0v) is 24.6. The first-order valence-corrected chi connectivity index (χ1v) is 16.1. The third-order valence-electron chi connectivity index (χ3n) is 7.27. The minimum absolute atomic E-state index is 0.0212. The van der Waals surface area contributed by atoms with E-state index >= 15 is 0 Å². The first-order chi connectivity index (χ1) is 21.6. The quantitative estimate of drug-likeness (QED) is 0.0747. The zero-order valence-electron chi connectivity index (χ0n) is 22.8. The highest BCUT2D eigenvalue weighted by Gasteiger charge is 2.56. The number of fused-ring (bicyclic) bond motifs is 2. The molecule has 0 bridgehead atoms. The summed E-state index contributed by atoms with van der Waals surface area (Å²) in [6.07, 6.45) is -10.9. The standard InChI is InChI=1S/C20H26N10O14P2/c21-13-6-14(24-2-23-13)29(3-25-6)17-10(33)8(31)5(42-17)1-41-45(36,37)19(44-46(38,39)40)12-9(32)11(34)18(43-12)30-4-26-7-15(30)27-20(22)28-16(7)35/h2-5,8-12,17-19,31-34H,1H2,(H,36,37)(H2,21,23,24)(H2,38,39,40)(H3,22,27,28,35)/t5-,8-,9+,10-,11-,12+,17-,18-,19?/m1/s1. The lowest BCUT2D eigenvalue weighted by atomic mass is 10.1. The second-order valence-corrected chi connectivity index (χ2v) is 13.3. The van der Waals surface area contributed by atoms with Crippen molar-refractivity contribution in [3.8, 4) is 0 Å². The van der Waals surface area contributed by atoms with Crippen LogP contribution in [0.3, 0.4) is 0 Å². The summed E-state index contributed by atoms with van der Waals surface area (Å²) in [4.78, 5) is 63.8. The van der Waals surface area contributed by atoms with Gasteiger partial charge in [0.15, 0.2) is 40.9 Å². The number of nitrogen functional groups attached to an aromatic ring is 2. The van der Waals surface area contributed by atoms with Crippen molar-refractivity contribution in [1.82, 2.24) is 39.0 Å². The largest absolute Gasteiger partial charge is 0.470 e. The maximum absolute atomic E-state index is 13.4. The lowest BCUT2D eigenvalue weighted by molar-refractivity contribution is -0.0708. The number of nitrogens with zero attached hydrogens (tertiary/aromatic N) is 7. The van der Waals surface area contributed by atoms with Gasteiger partial charge >= 0.3 is 15.4 Å². The van der Waals surface area contributed by atoms with Gasteiger partial charge in [-0.3, -0.25) is 28.0 Å². The summed E-state index contributed by atoms with van der Waals surface area (Å²) in [5.41, 5.74) is 10.4. The predicted octanol–water partition coefficient (Wildman–Crippen LogP) is -4.00. The number of anilines is 2. The average molecular weight is 692 g/mol. The van der Waals surface area contributed by atoms with Gasteiger partial charge in [-0.1, -0.05) is 0 Å². The van der Waals surface area contributed by atoms with E-state index in [-0.39, 0.29) is 34.1 Å². The molecule has 250 valence electrons. The van der Waals surface area contributed by atoms with Crippen LogP contribution < -0.4 is 17.0 Å². The van der Waals surface area contributed by atoms with Gasteiger partial charge in [0.1, 0.15) is 48.5 Å². The van der Waals surface area contributed by atoms with Crippen molar-refractivity contribution in [3.63, 3.8) is 0 Å². The van der Waals surface area contributed by atoms with E-state index in [0.717, 1.165) is 17.2 Å². The molecule has 2 fully saturated rings. The Hall–Kier alpha value is -3.48. The minimum Gasteiger partial charge on any atom is -0.387 e. The van der Waals surface area contributed by atoms with E-state index in [1.54, 1.807) is 0 Å². The number of aliphatic hydroxyl groups excluding tert-OH is 4. The number of aromatic amines is 1. The minimum atomic E-state index is -5.62. The molecule has 4 aromatic rings. The molecule has 0 saturated carbocycles. The SMILES string of the molecule is Nc1nc2c(ncn2[C@@H]2O[C@H](C(OP(=O)(O)O)P(=O)(O)OC[C@H]3O[C@@H](n4cnc5c(N)ncnc54)[C@H](O)[C@@H]3O)[C@@H](O)[C@H]2O)c(=O)[nH]1. The molecular weight excluding hydrogens is 666 g/mol. The van der Waals surface area contributed by atoms with Crippen molar-refractivity contribution < 1.29 is 62.8 Å². The van der Waals surface area contributed by atoms with Crippen LogP contribution in [0.1, 0.15) is 12.5 Å². The number of nitrogens with one attached hydrogen (secondary N) is 1. The molecule has 2 saturated heterocycles. The van der Waals surface area contributed by atoms with Crippen molar-refractivity contribution in [2.45, 2.75) is 54.9 Å². The van der Waals surface area contributed by atoms with Crippen molar-refractivity contribution in [2.75, 3.05) is 18.1 Å². The predicted molar refractivity (Wildman–Crippen MR) is 147 cm³/mol. The lowest BCUT2D eigenvalue weighted by Gasteiger charge is -2.29. The summed E-state index contributed by atoms with van der Waals surface area (Å²) in [5, 5.41) is 42.8. The van der Waals surface area contributed by atoms with Gasteiger partial charge in [-0.05, 0) is 0 Å². The van der Waals surface area contributed by atoms with Gasteiger partial charge in [0.05, 0.1) is 19.3 Å². The Labute approximate surface area is 254 Å². The molecule has 24 nitrogen and oxygen atoms in total. The Morgan fingerprint density at radius 2 is 1.52 bits per heavy atom. The Morgan fingerprint density at radius 1 is 0.891 bits per heavy atom. The maximum atomic E-state index is 13.4. The Balaban J connectivity index is 1.23. The number of aromatic nitrogens is 8. The first-order valence-electron chi connectivity index (χ1n) is 13.0. The third kappa shape index (κ3) is 5.68. The van der Waals surface area contributed by atoms with Gasteiger partial charge in [-0.25, -0.2) is 24.5 Å². The fourth-order valence-corrected chi connectivity index (χ4v) is 7.50. The Morgan fingerprint density at radius 3 is 2.22 bits per heavy atom. The summed E-state index contributed by atoms with van der Waals surface area (Å²) >= 11 is 0. The van der Waals surface area contributed by atoms with Crippen LogP contribution in [0.25, 0.3) is 22.3 Å². The van der Waals surface area contributed by atoms with Crippen LogP contribution in [0.4, 0.5) is 11.8 Å². The van der Waals surface area contributed by atoms with E-state index in [9.17, 15) is 49.0 Å². The molecule has 4 aromatic heterocycles. The molecule has 0 aliphatic carbocycles. The molecule has 0 aromatic carbocycles. The van der Waals surface area contributed by atoms with Crippen LogP contribution in [-0.4, -0.2) is 123 Å². The molecule has 0 spiro atoms. The molecule has 2 aliphatic heterocycles. The lowest BCUT2D eigenvalue weighted by Crippen LogP contribution is -2.40. The second kappa shape index (κ2) is 11.6. The third-order valence-corrected chi connectivity index (χ3v) is 9.50. The molecule has 12 N–H and O–H groups in total. The molecule has 2 aliphatic rings. The molecule has 6 heterocycles. The first kappa shape index (κ1) is 32.5. The number of phosphoric acid groups is 1. The van der Waals surface area contributed by atoms with Crippen LogP contribution >= 0.6 is 15.4 Å². The fourth-order valence-electron chi connectivity index (χ4n) is 5.13.